The molecule has 0 fully saturated rings. The molecule has 34 heavy (non-hydrogen) atoms. The Morgan fingerprint density at radius 3 is 2.00 bits per heavy atom. The molecule has 0 aromatic heterocycles. The summed E-state index contributed by atoms with van der Waals surface area (Å²) in [4.78, 5) is 38.3. The number of carbonyl (C=O) groups excluding carboxylic acids is 3. The Hall–Kier alpha value is -3.39. The second kappa shape index (κ2) is 12.7. The number of benzene rings is 2. The summed E-state index contributed by atoms with van der Waals surface area (Å²) in [5.74, 6) is -3.15. The van der Waals surface area contributed by atoms with Crippen molar-refractivity contribution in [3.8, 4) is 0 Å². The highest BCUT2D eigenvalue weighted by atomic mass is 16.6. The van der Waals surface area contributed by atoms with Crippen LogP contribution in [0.25, 0.3) is 0 Å². The van der Waals surface area contributed by atoms with Gasteiger partial charge >= 0.3 is 12.1 Å². The zero-order valence-electron chi connectivity index (χ0n) is 20.2. The molecule has 3 N–H and O–H groups in total. The Labute approximate surface area is 200 Å². The fourth-order valence-electron chi connectivity index (χ4n) is 3.62. The smallest absolute Gasteiger partial charge is 0.408 e. The minimum atomic E-state index is -1.36. The number of nitrogens with two attached hydrogens (primary N) is 1. The molecule has 2 rings (SSSR count). The Morgan fingerprint density at radius 2 is 1.50 bits per heavy atom. The van der Waals surface area contributed by atoms with Crippen LogP contribution in [0.3, 0.4) is 0 Å². The Balaban J connectivity index is 2.35. The standard InChI is InChI=1S/C26H34N2O6/c1-26(2,3)34-25(31)28-22(23(27)29)21(24(30)33-16-19-13-9-6-10-14-19)20(17-32-4)15-18-11-7-5-8-12-18/h5-14,20-22H,15-17H2,1-4H3,(H2,27,29)(H,28,31)/t20-,21?,22-/m1/s1. The van der Waals surface area contributed by atoms with E-state index in [0.717, 1.165) is 11.1 Å². The summed E-state index contributed by atoms with van der Waals surface area (Å²) in [5.41, 5.74) is 6.59. The molecule has 2 aromatic rings. The maximum atomic E-state index is 13.4. The van der Waals surface area contributed by atoms with Crippen molar-refractivity contribution in [2.75, 3.05) is 13.7 Å². The minimum absolute atomic E-state index is 0.0130. The van der Waals surface area contributed by atoms with E-state index < -0.39 is 41.4 Å². The van der Waals surface area contributed by atoms with Crippen LogP contribution in [0, 0.1) is 11.8 Å². The van der Waals surface area contributed by atoms with Gasteiger partial charge in [0.2, 0.25) is 5.91 Å². The molecule has 0 aliphatic carbocycles. The van der Waals surface area contributed by atoms with E-state index in [4.69, 9.17) is 19.9 Å². The zero-order chi connectivity index (χ0) is 25.1. The van der Waals surface area contributed by atoms with Crippen LogP contribution in [-0.2, 0) is 36.8 Å². The molecule has 0 aliphatic heterocycles. The summed E-state index contributed by atoms with van der Waals surface area (Å²) in [7, 11) is 1.50. The molecule has 1 unspecified atom stereocenters. The first-order valence-electron chi connectivity index (χ1n) is 11.1. The van der Waals surface area contributed by atoms with Gasteiger partial charge in [0.15, 0.2) is 0 Å². The van der Waals surface area contributed by atoms with Gasteiger partial charge in [-0.25, -0.2) is 4.79 Å². The monoisotopic (exact) mass is 470 g/mol. The average molecular weight is 471 g/mol. The number of hydrogen-bond acceptors (Lipinski definition) is 6. The van der Waals surface area contributed by atoms with Crippen LogP contribution >= 0.6 is 0 Å². The molecule has 2 aromatic carbocycles. The van der Waals surface area contributed by atoms with Crippen LogP contribution in [0.1, 0.15) is 31.9 Å². The summed E-state index contributed by atoms with van der Waals surface area (Å²) in [5, 5.41) is 2.48. The molecule has 0 radical (unpaired) electrons. The highest BCUT2D eigenvalue weighted by Gasteiger charge is 2.41. The third kappa shape index (κ3) is 8.86. The van der Waals surface area contributed by atoms with Crippen molar-refractivity contribution >= 4 is 18.0 Å². The average Bonchev–Trinajstić information content (AvgIpc) is 2.77. The lowest BCUT2D eigenvalue weighted by Gasteiger charge is -2.31. The van der Waals surface area contributed by atoms with Gasteiger partial charge in [-0.05, 0) is 38.3 Å². The van der Waals surface area contributed by atoms with Gasteiger partial charge in [0.1, 0.15) is 18.2 Å². The number of esters is 1. The van der Waals surface area contributed by atoms with E-state index in [1.165, 1.54) is 7.11 Å². The fourth-order valence-corrected chi connectivity index (χ4v) is 3.62. The number of rotatable bonds is 11. The third-order valence-corrected chi connectivity index (χ3v) is 5.06. The van der Waals surface area contributed by atoms with Crippen molar-refractivity contribution in [1.29, 1.82) is 0 Å². The number of primary amides is 1. The molecule has 3 atom stereocenters. The van der Waals surface area contributed by atoms with E-state index >= 15 is 0 Å². The molecule has 0 aliphatic rings. The van der Waals surface area contributed by atoms with Crippen molar-refractivity contribution in [3.63, 3.8) is 0 Å². The summed E-state index contributed by atoms with van der Waals surface area (Å²) in [6.07, 6.45) is -0.451. The molecule has 8 nitrogen and oxygen atoms in total. The predicted molar refractivity (Wildman–Crippen MR) is 128 cm³/mol. The lowest BCUT2D eigenvalue weighted by molar-refractivity contribution is -0.156. The molecule has 0 spiro atoms. The molecular weight excluding hydrogens is 436 g/mol. The Bertz CT molecular complexity index is 927. The maximum Gasteiger partial charge on any atom is 0.408 e. The molecule has 8 heteroatoms. The number of amides is 2. The molecule has 0 heterocycles. The lowest BCUT2D eigenvalue weighted by Crippen LogP contribution is -2.55. The highest BCUT2D eigenvalue weighted by Crippen LogP contribution is 2.25. The van der Waals surface area contributed by atoms with Crippen LogP contribution < -0.4 is 11.1 Å². The number of methoxy groups -OCH3 is 1. The first-order chi connectivity index (χ1) is 16.1. The molecule has 0 saturated carbocycles. The summed E-state index contributed by atoms with van der Waals surface area (Å²) < 4.78 is 16.3. The largest absolute Gasteiger partial charge is 0.461 e. The van der Waals surface area contributed by atoms with Crippen molar-refractivity contribution in [3.05, 3.63) is 71.8 Å². The van der Waals surface area contributed by atoms with E-state index in [-0.39, 0.29) is 13.2 Å². The number of alkyl carbamates (subject to hydrolysis) is 1. The van der Waals surface area contributed by atoms with Crippen molar-refractivity contribution in [1.82, 2.24) is 5.32 Å². The fraction of sp³-hybridized carbons (Fsp3) is 0.423. The van der Waals surface area contributed by atoms with E-state index in [9.17, 15) is 14.4 Å². The van der Waals surface area contributed by atoms with Gasteiger partial charge in [-0.15, -0.1) is 0 Å². The van der Waals surface area contributed by atoms with Crippen molar-refractivity contribution in [2.24, 2.45) is 17.6 Å². The van der Waals surface area contributed by atoms with Crippen LogP contribution in [0.4, 0.5) is 4.79 Å². The second-order valence-electron chi connectivity index (χ2n) is 9.05. The summed E-state index contributed by atoms with van der Waals surface area (Å²) >= 11 is 0. The summed E-state index contributed by atoms with van der Waals surface area (Å²) in [6.45, 7) is 5.24. The van der Waals surface area contributed by atoms with E-state index in [1.54, 1.807) is 20.8 Å². The number of carbonyl (C=O) groups is 3. The first kappa shape index (κ1) is 26.9. The SMILES string of the molecule is COC[C@@H](Cc1ccccc1)C(C(=O)OCc1ccccc1)[C@@H](NC(=O)OC(C)(C)C)C(N)=O. The highest BCUT2D eigenvalue weighted by molar-refractivity contribution is 5.90. The Kier molecular flexibility index (Phi) is 10.1. The number of nitrogens with one attached hydrogen (secondary N) is 1. The first-order valence-corrected chi connectivity index (χ1v) is 11.1. The molecule has 0 saturated heterocycles. The van der Waals surface area contributed by atoms with Gasteiger partial charge in [0.25, 0.3) is 0 Å². The zero-order valence-corrected chi connectivity index (χ0v) is 20.2. The van der Waals surface area contributed by atoms with Crippen LogP contribution in [0.15, 0.2) is 60.7 Å². The third-order valence-electron chi connectivity index (χ3n) is 5.06. The van der Waals surface area contributed by atoms with Gasteiger partial charge in [-0.3, -0.25) is 9.59 Å². The topological polar surface area (TPSA) is 117 Å². The van der Waals surface area contributed by atoms with Crippen LogP contribution in [0.2, 0.25) is 0 Å². The molecule has 0 bridgehead atoms. The van der Waals surface area contributed by atoms with Crippen molar-refractivity contribution < 1.29 is 28.6 Å². The lowest BCUT2D eigenvalue weighted by atomic mass is 9.82. The normalized spacial score (nSPS) is 13.9. The predicted octanol–water partition coefficient (Wildman–Crippen LogP) is 3.23. The van der Waals surface area contributed by atoms with Crippen LogP contribution in [-0.4, -0.2) is 43.3 Å². The number of hydrogen-bond donors (Lipinski definition) is 2. The molecular formula is C26H34N2O6. The van der Waals surface area contributed by atoms with Gasteiger partial charge in [-0.2, -0.15) is 0 Å². The minimum Gasteiger partial charge on any atom is -0.461 e. The van der Waals surface area contributed by atoms with E-state index in [1.807, 2.05) is 60.7 Å². The van der Waals surface area contributed by atoms with Gasteiger partial charge in [0, 0.05) is 13.0 Å². The Morgan fingerprint density at radius 1 is 0.941 bits per heavy atom. The van der Waals surface area contributed by atoms with Gasteiger partial charge < -0.3 is 25.3 Å². The molecule has 2 amide bonds. The van der Waals surface area contributed by atoms with Crippen LogP contribution in [0.5, 0.6) is 0 Å². The van der Waals surface area contributed by atoms with E-state index in [2.05, 4.69) is 5.32 Å². The van der Waals surface area contributed by atoms with Gasteiger partial charge in [-0.1, -0.05) is 60.7 Å². The summed E-state index contributed by atoms with van der Waals surface area (Å²) in [6, 6.07) is 17.3. The van der Waals surface area contributed by atoms with Crippen molar-refractivity contribution in [2.45, 2.75) is 45.4 Å². The van der Waals surface area contributed by atoms with E-state index in [0.29, 0.717) is 6.42 Å². The quantitative estimate of drug-likeness (QED) is 0.487. The maximum absolute atomic E-state index is 13.4. The van der Waals surface area contributed by atoms with Gasteiger partial charge in [0.05, 0.1) is 12.5 Å². The molecule has 184 valence electrons. The number of ether oxygens (including phenoxy) is 3. The second-order valence-corrected chi connectivity index (χ2v) is 9.05.